The van der Waals surface area contributed by atoms with Crippen LogP contribution < -0.4 is 5.32 Å². The summed E-state index contributed by atoms with van der Waals surface area (Å²) in [5, 5.41) is 2.49. The van der Waals surface area contributed by atoms with Gasteiger partial charge in [0.25, 0.3) is 5.91 Å². The Morgan fingerprint density at radius 1 is 1.12 bits per heavy atom. The lowest BCUT2D eigenvalue weighted by atomic mass is 9.93. The number of halogens is 2. The van der Waals surface area contributed by atoms with Gasteiger partial charge in [-0.05, 0) is 53.9 Å². The van der Waals surface area contributed by atoms with Crippen LogP contribution in [0.3, 0.4) is 0 Å². The molecule has 3 rings (SSSR count). The number of carbonyl (C=O) groups excluding carboxylic acids is 2. The summed E-state index contributed by atoms with van der Waals surface area (Å²) in [6, 6.07) is 10.1. The Labute approximate surface area is 150 Å². The van der Waals surface area contributed by atoms with E-state index in [0.29, 0.717) is 18.7 Å². The second-order valence-electron chi connectivity index (χ2n) is 6.24. The van der Waals surface area contributed by atoms with Gasteiger partial charge in [0.05, 0.1) is 0 Å². The number of nitrogens with zero attached hydrogens (tertiary/aromatic N) is 1. The molecule has 1 heterocycles. The molecule has 0 aliphatic carbocycles. The van der Waals surface area contributed by atoms with Crippen molar-refractivity contribution in [2.24, 2.45) is 0 Å². The van der Waals surface area contributed by atoms with Gasteiger partial charge in [0.15, 0.2) is 7.98 Å². The van der Waals surface area contributed by atoms with E-state index in [1.54, 1.807) is 24.3 Å². The van der Waals surface area contributed by atoms with Gasteiger partial charge in [0, 0.05) is 12.2 Å². The molecule has 1 aliphatic heterocycles. The van der Waals surface area contributed by atoms with Crippen molar-refractivity contribution in [1.82, 2.24) is 4.81 Å². The van der Waals surface area contributed by atoms with Crippen LogP contribution in [0.1, 0.15) is 22.3 Å². The Bertz CT molecular complexity index is 861. The number of hydrogen-bond acceptors (Lipinski definition) is 3. The first kappa shape index (κ1) is 18.0. The Morgan fingerprint density at radius 2 is 1.77 bits per heavy atom. The predicted molar refractivity (Wildman–Crippen MR) is 98.5 cm³/mol. The molecule has 7 heteroatoms. The van der Waals surface area contributed by atoms with Crippen LogP contribution in [0.25, 0.3) is 5.57 Å². The van der Waals surface area contributed by atoms with Gasteiger partial charge in [0.2, 0.25) is 0 Å². The standard InChI is InChI=1S/C19H17BF2N2O2/c20-24-9-8-13(11-25)15(10-24)12-4-6-14(7-5-12)23-19(26)18-16(21)2-1-3-17(18)22/h1-7,11H,8-10,20H2,(H,23,26). The smallest absolute Gasteiger partial charge is 0.261 e. The van der Waals surface area contributed by atoms with Gasteiger partial charge >= 0.3 is 0 Å². The fourth-order valence-corrected chi connectivity index (χ4v) is 2.98. The molecule has 1 N–H and O–H groups in total. The number of carbonyl (C=O) groups is 2. The largest absolute Gasteiger partial charge is 0.345 e. The zero-order chi connectivity index (χ0) is 18.7. The minimum atomic E-state index is -0.912. The van der Waals surface area contributed by atoms with Crippen LogP contribution >= 0.6 is 0 Å². The Balaban J connectivity index is 1.81. The maximum atomic E-state index is 13.7. The summed E-state index contributed by atoms with van der Waals surface area (Å²) in [7, 11) is 1.99. The first-order valence-corrected chi connectivity index (χ1v) is 8.21. The monoisotopic (exact) mass is 354 g/mol. The number of nitrogens with one attached hydrogen (secondary N) is 1. The number of aldehydes is 1. The summed E-state index contributed by atoms with van der Waals surface area (Å²) in [5.74, 6) is -2.67. The Kier molecular flexibility index (Phi) is 5.28. The maximum Gasteiger partial charge on any atom is 0.261 e. The summed E-state index contributed by atoms with van der Waals surface area (Å²) in [6.07, 6.45) is 1.58. The molecule has 0 unspecified atom stereocenters. The van der Waals surface area contributed by atoms with Crippen molar-refractivity contribution in [3.63, 3.8) is 0 Å². The summed E-state index contributed by atoms with van der Waals surface area (Å²) >= 11 is 0. The molecular formula is C19H17BF2N2O2. The van der Waals surface area contributed by atoms with E-state index >= 15 is 0 Å². The molecule has 0 bridgehead atoms. The molecule has 0 radical (unpaired) electrons. The second-order valence-corrected chi connectivity index (χ2v) is 6.24. The van der Waals surface area contributed by atoms with Gasteiger partial charge < -0.3 is 10.1 Å². The van der Waals surface area contributed by atoms with Crippen LogP contribution in [0.4, 0.5) is 14.5 Å². The second kappa shape index (κ2) is 7.62. The van der Waals surface area contributed by atoms with Crippen molar-refractivity contribution in [2.75, 3.05) is 18.4 Å². The first-order valence-electron chi connectivity index (χ1n) is 8.21. The Morgan fingerprint density at radius 3 is 2.38 bits per heavy atom. The number of hydrogen-bond donors (Lipinski definition) is 1. The maximum absolute atomic E-state index is 13.7. The van der Waals surface area contributed by atoms with Crippen LogP contribution in [0, 0.1) is 11.6 Å². The molecule has 1 aliphatic rings. The van der Waals surface area contributed by atoms with E-state index in [-0.39, 0.29) is 0 Å². The summed E-state index contributed by atoms with van der Waals surface area (Å²) in [4.78, 5) is 25.5. The lowest BCUT2D eigenvalue weighted by molar-refractivity contribution is -0.105. The molecule has 0 saturated heterocycles. The van der Waals surface area contributed by atoms with E-state index in [4.69, 9.17) is 0 Å². The molecule has 1 amide bonds. The van der Waals surface area contributed by atoms with Gasteiger partial charge in [-0.25, -0.2) is 8.78 Å². The molecule has 0 saturated carbocycles. The summed E-state index contributed by atoms with van der Waals surface area (Å²) in [5.41, 5.74) is 2.41. The highest BCUT2D eigenvalue weighted by Crippen LogP contribution is 2.26. The fourth-order valence-electron chi connectivity index (χ4n) is 2.98. The lowest BCUT2D eigenvalue weighted by Crippen LogP contribution is -2.29. The van der Waals surface area contributed by atoms with E-state index in [1.807, 2.05) is 7.98 Å². The van der Waals surface area contributed by atoms with E-state index in [9.17, 15) is 18.4 Å². The molecule has 0 atom stereocenters. The number of rotatable bonds is 4. The minimum Gasteiger partial charge on any atom is -0.345 e. The molecule has 0 fully saturated rings. The van der Waals surface area contributed by atoms with Crippen LogP contribution in [0.5, 0.6) is 0 Å². The summed E-state index contributed by atoms with van der Waals surface area (Å²) in [6.45, 7) is 1.50. The number of amides is 1. The highest BCUT2D eigenvalue weighted by molar-refractivity contribution is 6.06. The van der Waals surface area contributed by atoms with Crippen molar-refractivity contribution in [2.45, 2.75) is 6.42 Å². The van der Waals surface area contributed by atoms with Crippen LogP contribution in [0.15, 0.2) is 48.0 Å². The molecule has 26 heavy (non-hydrogen) atoms. The van der Waals surface area contributed by atoms with Crippen molar-refractivity contribution in [1.29, 1.82) is 0 Å². The predicted octanol–water partition coefficient (Wildman–Crippen LogP) is 2.42. The quantitative estimate of drug-likeness (QED) is 0.678. The van der Waals surface area contributed by atoms with Crippen molar-refractivity contribution in [3.8, 4) is 0 Å². The van der Waals surface area contributed by atoms with Gasteiger partial charge in [-0.2, -0.15) is 0 Å². The zero-order valence-electron chi connectivity index (χ0n) is 14.3. The van der Waals surface area contributed by atoms with Gasteiger partial charge in [-0.1, -0.05) is 18.2 Å². The van der Waals surface area contributed by atoms with Crippen LogP contribution in [0.2, 0.25) is 0 Å². The van der Waals surface area contributed by atoms with Gasteiger partial charge in [-0.15, -0.1) is 0 Å². The van der Waals surface area contributed by atoms with Crippen molar-refractivity contribution >= 4 is 31.4 Å². The van der Waals surface area contributed by atoms with E-state index in [2.05, 4.69) is 10.1 Å². The van der Waals surface area contributed by atoms with E-state index < -0.39 is 23.1 Å². The zero-order valence-corrected chi connectivity index (χ0v) is 14.3. The average molecular weight is 354 g/mol. The minimum absolute atomic E-state index is 0.416. The van der Waals surface area contributed by atoms with E-state index in [0.717, 1.165) is 41.7 Å². The third-order valence-corrected chi connectivity index (χ3v) is 4.40. The lowest BCUT2D eigenvalue weighted by Gasteiger charge is -2.26. The van der Waals surface area contributed by atoms with Crippen molar-refractivity contribution < 1.29 is 18.4 Å². The molecule has 0 spiro atoms. The highest BCUT2D eigenvalue weighted by Gasteiger charge is 2.19. The van der Waals surface area contributed by atoms with Crippen LogP contribution in [-0.4, -0.2) is 38.1 Å². The van der Waals surface area contributed by atoms with Crippen LogP contribution in [-0.2, 0) is 4.79 Å². The van der Waals surface area contributed by atoms with E-state index in [1.165, 1.54) is 6.07 Å². The third kappa shape index (κ3) is 3.73. The fraction of sp³-hybridized carbons (Fsp3) is 0.158. The molecule has 4 nitrogen and oxygen atoms in total. The first-order chi connectivity index (χ1) is 12.5. The highest BCUT2D eigenvalue weighted by atomic mass is 19.1. The average Bonchev–Trinajstić information content (AvgIpc) is 2.62. The molecule has 132 valence electrons. The molecular weight excluding hydrogens is 337 g/mol. The number of benzene rings is 2. The van der Waals surface area contributed by atoms with Gasteiger partial charge in [-0.3, -0.25) is 9.59 Å². The number of anilines is 1. The van der Waals surface area contributed by atoms with Gasteiger partial charge in [0.1, 0.15) is 23.5 Å². The molecule has 2 aromatic rings. The third-order valence-electron chi connectivity index (χ3n) is 4.40. The SMILES string of the molecule is BN1CCC(C=O)=C(c2ccc(NC(=O)c3c(F)cccc3F)cc2)C1. The molecule has 0 aromatic heterocycles. The summed E-state index contributed by atoms with van der Waals surface area (Å²) < 4.78 is 27.4. The molecule has 2 aromatic carbocycles. The normalized spacial score (nSPS) is 15.0. The van der Waals surface area contributed by atoms with Crippen molar-refractivity contribution in [3.05, 3.63) is 70.8 Å². The Hall–Kier alpha value is -2.80. The topological polar surface area (TPSA) is 49.4 Å².